The Hall–Kier alpha value is -2.89. The van der Waals surface area contributed by atoms with E-state index in [0.29, 0.717) is 82.7 Å². The molecule has 1 saturated heterocycles. The van der Waals surface area contributed by atoms with Crippen LogP contribution in [0.5, 0.6) is 5.75 Å². The molecule has 0 unspecified atom stereocenters. The van der Waals surface area contributed by atoms with Gasteiger partial charge >= 0.3 is 12.2 Å². The zero-order valence-corrected chi connectivity index (χ0v) is 31.3. The number of anilines is 2. The number of halogens is 3. The van der Waals surface area contributed by atoms with Crippen LogP contribution in [-0.4, -0.2) is 81.8 Å². The van der Waals surface area contributed by atoms with Crippen molar-refractivity contribution in [3.05, 3.63) is 35.4 Å². The highest BCUT2D eigenvalue weighted by atomic mass is 127. The van der Waals surface area contributed by atoms with Crippen LogP contribution in [-0.2, 0) is 9.47 Å². The van der Waals surface area contributed by atoms with Gasteiger partial charge in [0.05, 0.1) is 21.8 Å². The topological polar surface area (TPSA) is 119 Å². The van der Waals surface area contributed by atoms with Gasteiger partial charge in [-0.2, -0.15) is 0 Å². The van der Waals surface area contributed by atoms with Gasteiger partial charge in [-0.25, -0.2) is 28.9 Å². The summed E-state index contributed by atoms with van der Waals surface area (Å²) >= 11 is 10.3. The molecule has 47 heavy (non-hydrogen) atoms. The first kappa shape index (κ1) is 35.4. The first-order valence-electron chi connectivity index (χ1n) is 14.8. The van der Waals surface area contributed by atoms with E-state index in [9.17, 15) is 9.59 Å². The number of nitrogens with zero attached hydrogens (tertiary/aromatic N) is 5. The minimum atomic E-state index is -0.718. The van der Waals surface area contributed by atoms with E-state index in [1.807, 2.05) is 20.8 Å². The minimum absolute atomic E-state index is 0.177. The van der Waals surface area contributed by atoms with E-state index in [1.54, 1.807) is 46.7 Å². The lowest BCUT2D eigenvalue weighted by molar-refractivity contribution is 0.0240. The third kappa shape index (κ3) is 8.40. The van der Waals surface area contributed by atoms with Crippen LogP contribution < -0.4 is 15.0 Å². The minimum Gasteiger partial charge on any atom is -0.490 e. The van der Waals surface area contributed by atoms with Gasteiger partial charge in [-0.15, -0.1) is 0 Å². The molecule has 2 amide bonds. The third-order valence-electron chi connectivity index (χ3n) is 6.83. The summed E-state index contributed by atoms with van der Waals surface area (Å²) in [5, 5.41) is 3.80. The van der Waals surface area contributed by atoms with Crippen molar-refractivity contribution in [2.45, 2.75) is 52.7 Å². The number of carbonyl (C=O) groups is 2. The summed E-state index contributed by atoms with van der Waals surface area (Å²) in [5.74, 6) is 1.27. The number of piperazine rings is 1. The number of carbonyl (C=O) groups excluding carboxylic acids is 2. The molecule has 0 radical (unpaired) electrons. The SMILES string of the molecule is CC(C)(C)OC(=O)Nc1nc2c(-c3c(Cl)cc4c(N5CCN(C(=O)OC(C)(C)C)CC5)ncnc4c3OCCSI)ccc(F)c2s1. The van der Waals surface area contributed by atoms with Crippen LogP contribution in [0.25, 0.3) is 32.2 Å². The van der Waals surface area contributed by atoms with E-state index in [4.69, 9.17) is 25.8 Å². The van der Waals surface area contributed by atoms with Crippen molar-refractivity contribution in [2.24, 2.45) is 0 Å². The maximum atomic E-state index is 15.1. The molecule has 1 aliphatic rings. The number of nitrogens with one attached hydrogen (secondary N) is 1. The van der Waals surface area contributed by atoms with Crippen LogP contribution in [0.3, 0.4) is 0 Å². The molecule has 16 heteroatoms. The van der Waals surface area contributed by atoms with Crippen molar-refractivity contribution >= 4 is 97.3 Å². The second-order valence-corrected chi connectivity index (χ2v) is 16.6. The lowest BCUT2D eigenvalue weighted by atomic mass is 10.0. The Balaban J connectivity index is 1.55. The third-order valence-corrected chi connectivity index (χ3v) is 9.74. The van der Waals surface area contributed by atoms with E-state index >= 15 is 4.39 Å². The number of benzene rings is 2. The molecular weight excluding hydrogens is 782 g/mol. The summed E-state index contributed by atoms with van der Waals surface area (Å²) < 4.78 is 32.6. The molecule has 0 atom stereocenters. The van der Waals surface area contributed by atoms with Crippen LogP contribution in [0.15, 0.2) is 24.5 Å². The number of hydrogen-bond acceptors (Lipinski definition) is 11. The van der Waals surface area contributed by atoms with Gasteiger partial charge in [0.1, 0.15) is 34.7 Å². The summed E-state index contributed by atoms with van der Waals surface area (Å²) in [6.07, 6.45) is 0.429. The van der Waals surface area contributed by atoms with Gasteiger partial charge in [0.25, 0.3) is 0 Å². The molecule has 0 aliphatic carbocycles. The first-order valence-corrected chi connectivity index (χ1v) is 19.5. The molecule has 3 heterocycles. The number of aromatic nitrogens is 3. The molecule has 2 aromatic carbocycles. The van der Waals surface area contributed by atoms with Crippen molar-refractivity contribution in [2.75, 3.05) is 48.8 Å². The summed E-state index contributed by atoms with van der Waals surface area (Å²) in [5.41, 5.74) is 0.555. The Morgan fingerprint density at radius 2 is 1.77 bits per heavy atom. The average Bonchev–Trinajstić information content (AvgIpc) is 3.40. The fourth-order valence-corrected chi connectivity index (χ4v) is 6.86. The van der Waals surface area contributed by atoms with E-state index in [1.165, 1.54) is 12.4 Å². The molecule has 252 valence electrons. The summed E-state index contributed by atoms with van der Waals surface area (Å²) in [7, 11) is 1.60. The zero-order chi connectivity index (χ0) is 34.1. The van der Waals surface area contributed by atoms with Crippen LogP contribution in [0, 0.1) is 5.82 Å². The zero-order valence-electron chi connectivity index (χ0n) is 26.8. The van der Waals surface area contributed by atoms with Crippen LogP contribution in [0.4, 0.5) is 24.9 Å². The number of thiazole rings is 1. The molecule has 1 fully saturated rings. The molecule has 0 bridgehead atoms. The van der Waals surface area contributed by atoms with E-state index in [-0.39, 0.29) is 15.9 Å². The monoisotopic (exact) mass is 816 g/mol. The van der Waals surface area contributed by atoms with Gasteiger partial charge in [0, 0.05) is 48.4 Å². The van der Waals surface area contributed by atoms with Crippen molar-refractivity contribution in [3.8, 4) is 16.9 Å². The Morgan fingerprint density at radius 1 is 1.06 bits per heavy atom. The second-order valence-electron chi connectivity index (χ2n) is 12.7. The normalized spacial score (nSPS) is 14.1. The van der Waals surface area contributed by atoms with Crippen molar-refractivity contribution in [1.82, 2.24) is 19.9 Å². The molecule has 5 rings (SSSR count). The first-order chi connectivity index (χ1) is 22.1. The molecule has 11 nitrogen and oxygen atoms in total. The summed E-state index contributed by atoms with van der Waals surface area (Å²) in [6.45, 7) is 13.1. The Bertz CT molecular complexity index is 1810. The lowest BCUT2D eigenvalue weighted by Gasteiger charge is -2.36. The standard InChI is InChI=1S/C31H35ClFIN6O5S2/c1-30(2,3)44-28(41)38-27-37-23-17(7-8-20(33)25(23)47-27)21-19(32)15-18-22(24(21)43-13-14-46-34)35-16-36-26(18)39-9-11-40(12-10-39)29(42)45-31(4,5)6/h7-8,15-16H,9-14H2,1-6H3,(H,37,38,41). The molecule has 0 spiro atoms. The fraction of sp³-hybridized carbons (Fsp3) is 0.452. The predicted molar refractivity (Wildman–Crippen MR) is 195 cm³/mol. The maximum absolute atomic E-state index is 15.1. The number of fused-ring (bicyclic) bond motifs is 2. The quantitative estimate of drug-likeness (QED) is 0.144. The molecular formula is C31H35ClFIN6O5S2. The Kier molecular flexibility index (Phi) is 10.8. The lowest BCUT2D eigenvalue weighted by Crippen LogP contribution is -2.50. The molecule has 2 aromatic heterocycles. The van der Waals surface area contributed by atoms with Crippen LogP contribution >= 0.6 is 53.1 Å². The van der Waals surface area contributed by atoms with Gasteiger partial charge in [-0.05, 0) is 80.9 Å². The number of amides is 2. The van der Waals surface area contributed by atoms with Gasteiger partial charge in [-0.3, -0.25) is 5.32 Å². The molecule has 0 saturated carbocycles. The largest absolute Gasteiger partial charge is 0.490 e. The number of rotatable bonds is 7. The molecule has 4 aromatic rings. The van der Waals surface area contributed by atoms with Crippen molar-refractivity contribution < 1.29 is 28.2 Å². The van der Waals surface area contributed by atoms with Crippen LogP contribution in [0.2, 0.25) is 5.02 Å². The molecule has 1 aliphatic heterocycles. The summed E-state index contributed by atoms with van der Waals surface area (Å²) in [4.78, 5) is 42.7. The van der Waals surface area contributed by atoms with Gasteiger partial charge in [0.15, 0.2) is 10.9 Å². The maximum Gasteiger partial charge on any atom is 0.413 e. The number of ether oxygens (including phenoxy) is 3. The molecule has 1 N–H and O–H groups in total. The second kappa shape index (κ2) is 14.3. The number of hydrogen-bond donors (Lipinski definition) is 1. The van der Waals surface area contributed by atoms with E-state index in [2.05, 4.69) is 46.4 Å². The fourth-order valence-electron chi connectivity index (χ4n) is 4.99. The van der Waals surface area contributed by atoms with E-state index in [0.717, 1.165) is 11.3 Å². The van der Waals surface area contributed by atoms with Gasteiger partial charge in [0.2, 0.25) is 0 Å². The average molecular weight is 817 g/mol. The van der Waals surface area contributed by atoms with Gasteiger partial charge in [-0.1, -0.05) is 31.9 Å². The highest BCUT2D eigenvalue weighted by Crippen LogP contribution is 2.47. The van der Waals surface area contributed by atoms with E-state index < -0.39 is 23.1 Å². The van der Waals surface area contributed by atoms with Crippen molar-refractivity contribution in [3.63, 3.8) is 0 Å². The summed E-state index contributed by atoms with van der Waals surface area (Å²) in [6, 6.07) is 4.72. The Labute approximate surface area is 297 Å². The Morgan fingerprint density at radius 3 is 2.43 bits per heavy atom. The van der Waals surface area contributed by atoms with Crippen LogP contribution in [0.1, 0.15) is 41.5 Å². The highest BCUT2D eigenvalue weighted by molar-refractivity contribution is 14.2. The highest BCUT2D eigenvalue weighted by Gasteiger charge is 2.29. The van der Waals surface area contributed by atoms with Gasteiger partial charge < -0.3 is 24.0 Å². The predicted octanol–water partition coefficient (Wildman–Crippen LogP) is 8.57. The van der Waals surface area contributed by atoms with Crippen molar-refractivity contribution in [1.29, 1.82) is 0 Å². The smallest absolute Gasteiger partial charge is 0.413 e.